The molecule has 1 heterocycles. The second-order valence-electron chi connectivity index (χ2n) is 4.91. The first-order valence-corrected chi connectivity index (χ1v) is 7.32. The molecule has 0 aliphatic rings. The molecule has 20 heavy (non-hydrogen) atoms. The maximum atomic E-state index is 11.1. The largest absolute Gasteiger partial charge is 0.384 e. The quantitative estimate of drug-likeness (QED) is 0.881. The van der Waals surface area contributed by atoms with E-state index in [9.17, 15) is 5.11 Å². The molecule has 2 unspecified atom stereocenters. The van der Waals surface area contributed by atoms with Crippen molar-refractivity contribution in [1.29, 1.82) is 0 Å². The van der Waals surface area contributed by atoms with Crippen LogP contribution in [0.25, 0.3) is 0 Å². The van der Waals surface area contributed by atoms with E-state index in [2.05, 4.69) is 4.98 Å². The zero-order valence-electron chi connectivity index (χ0n) is 11.5. The van der Waals surface area contributed by atoms with Crippen LogP contribution in [0.1, 0.15) is 37.3 Å². The molecule has 2 atom stereocenters. The van der Waals surface area contributed by atoms with Crippen molar-refractivity contribution >= 4 is 23.2 Å². The number of hydrogen-bond donors (Lipinski definition) is 1. The highest BCUT2D eigenvalue weighted by atomic mass is 35.5. The summed E-state index contributed by atoms with van der Waals surface area (Å²) in [6.07, 6.45) is 3.96. The Morgan fingerprint density at radius 1 is 1.30 bits per heavy atom. The van der Waals surface area contributed by atoms with Crippen LogP contribution in [0.15, 0.2) is 42.7 Å². The van der Waals surface area contributed by atoms with Crippen LogP contribution in [0, 0.1) is 0 Å². The second kappa shape index (κ2) is 6.13. The van der Waals surface area contributed by atoms with E-state index in [1.54, 1.807) is 24.5 Å². The zero-order chi connectivity index (χ0) is 14.8. The van der Waals surface area contributed by atoms with Gasteiger partial charge in [0.25, 0.3) is 0 Å². The van der Waals surface area contributed by atoms with Crippen molar-refractivity contribution < 1.29 is 5.11 Å². The summed E-state index contributed by atoms with van der Waals surface area (Å²) in [6, 6.07) is 9.07. The van der Waals surface area contributed by atoms with Crippen LogP contribution in [-0.2, 0) is 5.60 Å². The van der Waals surface area contributed by atoms with Crippen molar-refractivity contribution in [2.24, 2.45) is 0 Å². The van der Waals surface area contributed by atoms with Gasteiger partial charge in [-0.15, -0.1) is 0 Å². The Hall–Kier alpha value is -1.09. The minimum absolute atomic E-state index is 0.165. The molecule has 0 bridgehead atoms. The number of benzene rings is 1. The van der Waals surface area contributed by atoms with Crippen molar-refractivity contribution in [3.8, 4) is 0 Å². The van der Waals surface area contributed by atoms with Crippen molar-refractivity contribution in [3.63, 3.8) is 0 Å². The van der Waals surface area contributed by atoms with Gasteiger partial charge in [-0.3, -0.25) is 4.98 Å². The first-order chi connectivity index (χ1) is 9.49. The molecule has 2 rings (SSSR count). The van der Waals surface area contributed by atoms with Gasteiger partial charge >= 0.3 is 0 Å². The number of pyridine rings is 1. The molecule has 0 saturated carbocycles. The molecule has 0 aliphatic heterocycles. The van der Waals surface area contributed by atoms with Crippen LogP contribution in [-0.4, -0.2) is 10.1 Å². The van der Waals surface area contributed by atoms with Gasteiger partial charge in [-0.2, -0.15) is 0 Å². The molecule has 0 amide bonds. The Kier molecular flexibility index (Phi) is 4.69. The standard InChI is InChI=1S/C16H17Cl2NO/c1-3-16(20,12-5-4-8-19-10-12)11(2)14-7-6-13(17)9-15(14)18/h4-11,20H,3H2,1-2H3. The number of aromatic nitrogens is 1. The molecule has 0 aliphatic carbocycles. The van der Waals surface area contributed by atoms with Crippen molar-refractivity contribution in [2.45, 2.75) is 31.8 Å². The summed E-state index contributed by atoms with van der Waals surface area (Å²) < 4.78 is 0. The van der Waals surface area contributed by atoms with Crippen LogP contribution in [0.3, 0.4) is 0 Å². The van der Waals surface area contributed by atoms with Crippen LogP contribution in [0.2, 0.25) is 10.0 Å². The van der Waals surface area contributed by atoms with Gasteiger partial charge in [0, 0.05) is 33.9 Å². The normalized spacial score (nSPS) is 15.7. The molecule has 2 nitrogen and oxygen atoms in total. The number of halogens is 2. The average Bonchev–Trinajstić information content (AvgIpc) is 2.46. The molecule has 0 radical (unpaired) electrons. The highest BCUT2D eigenvalue weighted by Gasteiger charge is 2.36. The molecule has 0 saturated heterocycles. The van der Waals surface area contributed by atoms with Gasteiger partial charge in [0.05, 0.1) is 5.60 Å². The molecule has 0 spiro atoms. The molecule has 106 valence electrons. The van der Waals surface area contributed by atoms with Crippen LogP contribution < -0.4 is 0 Å². The van der Waals surface area contributed by atoms with Gasteiger partial charge in [-0.25, -0.2) is 0 Å². The highest BCUT2D eigenvalue weighted by molar-refractivity contribution is 6.35. The van der Waals surface area contributed by atoms with Crippen molar-refractivity contribution in [2.75, 3.05) is 0 Å². The Morgan fingerprint density at radius 2 is 2.05 bits per heavy atom. The lowest BCUT2D eigenvalue weighted by Crippen LogP contribution is -2.31. The minimum atomic E-state index is -1.01. The fourth-order valence-electron chi connectivity index (χ4n) is 2.49. The molecule has 1 aromatic carbocycles. The molecule has 2 aromatic rings. The summed E-state index contributed by atoms with van der Waals surface area (Å²) in [5, 5.41) is 12.2. The van der Waals surface area contributed by atoms with E-state index in [4.69, 9.17) is 23.2 Å². The smallest absolute Gasteiger partial charge is 0.0974 e. The predicted octanol–water partition coefficient (Wildman–Crippen LogP) is 4.79. The van der Waals surface area contributed by atoms with E-state index in [1.165, 1.54) is 0 Å². The molecule has 0 fully saturated rings. The summed E-state index contributed by atoms with van der Waals surface area (Å²) >= 11 is 12.2. The zero-order valence-corrected chi connectivity index (χ0v) is 13.0. The number of aliphatic hydroxyl groups is 1. The van der Waals surface area contributed by atoms with E-state index in [-0.39, 0.29) is 5.92 Å². The van der Waals surface area contributed by atoms with Crippen molar-refractivity contribution in [1.82, 2.24) is 4.98 Å². The van der Waals surface area contributed by atoms with E-state index < -0.39 is 5.60 Å². The number of rotatable bonds is 4. The lowest BCUT2D eigenvalue weighted by molar-refractivity contribution is 0.00819. The van der Waals surface area contributed by atoms with Crippen LogP contribution in [0.5, 0.6) is 0 Å². The van der Waals surface area contributed by atoms with Gasteiger partial charge in [-0.1, -0.05) is 49.2 Å². The molecule has 1 N–H and O–H groups in total. The topological polar surface area (TPSA) is 33.1 Å². The fourth-order valence-corrected chi connectivity index (χ4v) is 3.06. The van der Waals surface area contributed by atoms with Gasteiger partial charge < -0.3 is 5.11 Å². The Morgan fingerprint density at radius 3 is 2.60 bits per heavy atom. The third-order valence-electron chi connectivity index (χ3n) is 3.85. The first kappa shape index (κ1) is 15.3. The average molecular weight is 310 g/mol. The monoisotopic (exact) mass is 309 g/mol. The maximum absolute atomic E-state index is 11.1. The summed E-state index contributed by atoms with van der Waals surface area (Å²) in [7, 11) is 0. The van der Waals surface area contributed by atoms with E-state index in [0.29, 0.717) is 16.5 Å². The number of nitrogens with zero attached hydrogens (tertiary/aromatic N) is 1. The lowest BCUT2D eigenvalue weighted by Gasteiger charge is -2.34. The molecular formula is C16H17Cl2NO. The third-order valence-corrected chi connectivity index (χ3v) is 4.41. The SMILES string of the molecule is CCC(O)(c1cccnc1)C(C)c1ccc(Cl)cc1Cl. The summed E-state index contributed by atoms with van der Waals surface area (Å²) in [5.74, 6) is -0.165. The predicted molar refractivity (Wildman–Crippen MR) is 83.3 cm³/mol. The van der Waals surface area contributed by atoms with Gasteiger partial charge in [0.1, 0.15) is 0 Å². The van der Waals surface area contributed by atoms with Crippen molar-refractivity contribution in [3.05, 3.63) is 63.9 Å². The van der Waals surface area contributed by atoms with E-state index in [0.717, 1.165) is 11.1 Å². The molecular weight excluding hydrogens is 293 g/mol. The number of hydrogen-bond acceptors (Lipinski definition) is 2. The Labute approximate surface area is 129 Å². The highest BCUT2D eigenvalue weighted by Crippen LogP contribution is 2.41. The summed E-state index contributed by atoms with van der Waals surface area (Å²) in [6.45, 7) is 3.92. The molecule has 4 heteroatoms. The first-order valence-electron chi connectivity index (χ1n) is 6.57. The van der Waals surface area contributed by atoms with Gasteiger partial charge in [0.2, 0.25) is 0 Å². The summed E-state index contributed by atoms with van der Waals surface area (Å²) in [4.78, 5) is 4.10. The maximum Gasteiger partial charge on any atom is 0.0974 e. The minimum Gasteiger partial charge on any atom is -0.384 e. The lowest BCUT2D eigenvalue weighted by atomic mass is 9.77. The van der Waals surface area contributed by atoms with Crippen LogP contribution in [0.4, 0.5) is 0 Å². The summed E-state index contributed by atoms with van der Waals surface area (Å²) in [5.41, 5.74) is 0.663. The second-order valence-corrected chi connectivity index (χ2v) is 5.75. The Balaban J connectivity index is 2.46. The fraction of sp³-hybridized carbons (Fsp3) is 0.312. The van der Waals surface area contributed by atoms with E-state index in [1.807, 2.05) is 32.0 Å². The Bertz CT molecular complexity index is 588. The van der Waals surface area contributed by atoms with Gasteiger partial charge in [-0.05, 0) is 30.2 Å². The third kappa shape index (κ3) is 2.83. The van der Waals surface area contributed by atoms with Gasteiger partial charge in [0.15, 0.2) is 0 Å². The van der Waals surface area contributed by atoms with Crippen LogP contribution >= 0.6 is 23.2 Å². The van der Waals surface area contributed by atoms with E-state index >= 15 is 0 Å². The molecule has 1 aromatic heterocycles.